The van der Waals surface area contributed by atoms with E-state index in [1.54, 1.807) is 6.20 Å². The van der Waals surface area contributed by atoms with E-state index in [0.29, 0.717) is 6.61 Å². The molecule has 0 aliphatic carbocycles. The highest BCUT2D eigenvalue weighted by atomic mass is 35.5. The Bertz CT molecular complexity index is 777. The number of aromatic nitrogens is 1. The van der Waals surface area contributed by atoms with Crippen LogP contribution in [0.1, 0.15) is 16.7 Å². The second-order valence-electron chi connectivity index (χ2n) is 5.53. The minimum atomic E-state index is 0.507. The van der Waals surface area contributed by atoms with Gasteiger partial charge in [0.1, 0.15) is 12.4 Å². The van der Waals surface area contributed by atoms with Gasteiger partial charge in [0.2, 0.25) is 0 Å². The molecule has 0 fully saturated rings. The molecule has 0 amide bonds. The van der Waals surface area contributed by atoms with Crippen LogP contribution in [0.3, 0.4) is 0 Å². The molecule has 0 saturated heterocycles. The van der Waals surface area contributed by atoms with Crippen LogP contribution in [-0.2, 0) is 19.7 Å². The Kier molecular flexibility index (Phi) is 5.83. The zero-order valence-electron chi connectivity index (χ0n) is 13.3. The summed E-state index contributed by atoms with van der Waals surface area (Å²) in [6.45, 7) is 2.08. The molecule has 2 aromatic carbocycles. The number of nitrogens with one attached hydrogen (secondary N) is 1. The molecule has 1 heterocycles. The van der Waals surface area contributed by atoms with Crippen molar-refractivity contribution >= 4 is 11.6 Å². The Labute approximate surface area is 147 Å². The number of hydrogen-bond acceptors (Lipinski definition) is 3. The number of pyridine rings is 1. The molecule has 1 aromatic heterocycles. The lowest BCUT2D eigenvalue weighted by molar-refractivity contribution is 0.306. The summed E-state index contributed by atoms with van der Waals surface area (Å²) in [5, 5.41) is 4.14. The maximum atomic E-state index is 5.99. The molecule has 0 radical (unpaired) electrons. The van der Waals surface area contributed by atoms with E-state index in [-0.39, 0.29) is 0 Å². The fourth-order valence-corrected chi connectivity index (χ4v) is 2.61. The molecule has 3 aromatic rings. The fraction of sp³-hybridized carbons (Fsp3) is 0.150. The van der Waals surface area contributed by atoms with Crippen LogP contribution in [0, 0.1) is 0 Å². The molecule has 0 unspecified atom stereocenters. The summed E-state index contributed by atoms with van der Waals surface area (Å²) in [4.78, 5) is 4.11. The number of benzene rings is 2. The third kappa shape index (κ3) is 5.08. The summed E-state index contributed by atoms with van der Waals surface area (Å²) < 4.78 is 5.86. The Morgan fingerprint density at radius 3 is 2.50 bits per heavy atom. The number of ether oxygens (including phenoxy) is 1. The number of nitrogens with zero attached hydrogens (tertiary/aromatic N) is 1. The second kappa shape index (κ2) is 8.48. The number of rotatable bonds is 7. The van der Waals surface area contributed by atoms with Gasteiger partial charge in [0.05, 0.1) is 0 Å². The van der Waals surface area contributed by atoms with Crippen LogP contribution in [0.5, 0.6) is 5.75 Å². The summed E-state index contributed by atoms with van der Waals surface area (Å²) >= 11 is 5.99. The van der Waals surface area contributed by atoms with E-state index < -0.39 is 0 Å². The smallest absolute Gasteiger partial charge is 0.120 e. The lowest BCUT2D eigenvalue weighted by atomic mass is 10.2. The number of halogens is 1. The highest BCUT2D eigenvalue weighted by Crippen LogP contribution is 2.17. The second-order valence-corrected chi connectivity index (χ2v) is 5.97. The third-order valence-electron chi connectivity index (χ3n) is 3.57. The van der Waals surface area contributed by atoms with Crippen molar-refractivity contribution in [2.24, 2.45) is 0 Å². The van der Waals surface area contributed by atoms with Gasteiger partial charge in [0.15, 0.2) is 0 Å². The van der Waals surface area contributed by atoms with Crippen molar-refractivity contribution in [1.82, 2.24) is 10.3 Å². The van der Waals surface area contributed by atoms with E-state index in [0.717, 1.165) is 29.4 Å². The van der Waals surface area contributed by atoms with Crippen molar-refractivity contribution in [3.05, 3.63) is 94.8 Å². The zero-order valence-corrected chi connectivity index (χ0v) is 14.0. The average Bonchev–Trinajstić information content (AvgIpc) is 2.61. The average molecular weight is 339 g/mol. The van der Waals surface area contributed by atoms with Crippen molar-refractivity contribution in [1.29, 1.82) is 0 Å². The summed E-state index contributed by atoms with van der Waals surface area (Å²) in [5.74, 6) is 0.857. The Hall–Kier alpha value is -2.36. The van der Waals surface area contributed by atoms with Crippen LogP contribution < -0.4 is 10.1 Å². The van der Waals surface area contributed by atoms with E-state index >= 15 is 0 Å². The first-order valence-corrected chi connectivity index (χ1v) is 8.23. The van der Waals surface area contributed by atoms with Crippen LogP contribution in [0.15, 0.2) is 73.1 Å². The van der Waals surface area contributed by atoms with Crippen LogP contribution >= 0.6 is 11.6 Å². The van der Waals surface area contributed by atoms with E-state index in [4.69, 9.17) is 16.3 Å². The standard InChI is InChI=1S/C20H19ClN2O/c21-19-7-1-5-17(10-19)15-24-20-8-2-4-16(11-20)12-23-14-18-6-3-9-22-13-18/h1-11,13,23H,12,14-15H2. The molecule has 4 heteroatoms. The van der Waals surface area contributed by atoms with Crippen LogP contribution in [0.25, 0.3) is 0 Å². The molecule has 122 valence electrons. The maximum absolute atomic E-state index is 5.99. The van der Waals surface area contributed by atoms with Crippen LogP contribution in [-0.4, -0.2) is 4.98 Å². The topological polar surface area (TPSA) is 34.1 Å². The van der Waals surface area contributed by atoms with Gasteiger partial charge in [-0.05, 0) is 47.0 Å². The molecule has 0 aliphatic heterocycles. The zero-order chi connectivity index (χ0) is 16.6. The molecule has 1 N–H and O–H groups in total. The molecule has 24 heavy (non-hydrogen) atoms. The Balaban J connectivity index is 1.52. The van der Waals surface area contributed by atoms with Gasteiger partial charge in [-0.2, -0.15) is 0 Å². The summed E-state index contributed by atoms with van der Waals surface area (Å²) in [6.07, 6.45) is 3.65. The molecule has 0 spiro atoms. The highest BCUT2D eigenvalue weighted by molar-refractivity contribution is 6.30. The van der Waals surface area contributed by atoms with Gasteiger partial charge in [0, 0.05) is 30.5 Å². The Morgan fingerprint density at radius 2 is 1.67 bits per heavy atom. The predicted molar refractivity (Wildman–Crippen MR) is 97.0 cm³/mol. The maximum Gasteiger partial charge on any atom is 0.120 e. The third-order valence-corrected chi connectivity index (χ3v) is 3.81. The lowest BCUT2D eigenvalue weighted by Gasteiger charge is -2.09. The van der Waals surface area contributed by atoms with Gasteiger partial charge in [-0.15, -0.1) is 0 Å². The highest BCUT2D eigenvalue weighted by Gasteiger charge is 2.00. The van der Waals surface area contributed by atoms with Crippen LogP contribution in [0.4, 0.5) is 0 Å². The van der Waals surface area contributed by atoms with Gasteiger partial charge < -0.3 is 10.1 Å². The molecular formula is C20H19ClN2O. The normalized spacial score (nSPS) is 10.5. The first-order chi connectivity index (χ1) is 11.8. The van der Waals surface area contributed by atoms with E-state index in [1.807, 2.05) is 48.7 Å². The van der Waals surface area contributed by atoms with Crippen molar-refractivity contribution in [3.63, 3.8) is 0 Å². The molecule has 0 saturated carbocycles. The summed E-state index contributed by atoms with van der Waals surface area (Å²) in [5.41, 5.74) is 3.41. The van der Waals surface area contributed by atoms with Gasteiger partial charge in [0.25, 0.3) is 0 Å². The van der Waals surface area contributed by atoms with Crippen molar-refractivity contribution in [2.45, 2.75) is 19.7 Å². The quantitative estimate of drug-likeness (QED) is 0.683. The lowest BCUT2D eigenvalue weighted by Crippen LogP contribution is -2.12. The molecule has 0 aliphatic rings. The summed E-state index contributed by atoms with van der Waals surface area (Å²) in [7, 11) is 0. The molecule has 3 nitrogen and oxygen atoms in total. The van der Waals surface area contributed by atoms with Crippen LogP contribution in [0.2, 0.25) is 5.02 Å². The van der Waals surface area contributed by atoms with Gasteiger partial charge in [-0.25, -0.2) is 0 Å². The fourth-order valence-electron chi connectivity index (χ4n) is 2.39. The number of hydrogen-bond donors (Lipinski definition) is 1. The Morgan fingerprint density at radius 1 is 0.875 bits per heavy atom. The first-order valence-electron chi connectivity index (χ1n) is 7.85. The van der Waals surface area contributed by atoms with Gasteiger partial charge >= 0.3 is 0 Å². The molecule has 0 atom stereocenters. The molecule has 0 bridgehead atoms. The largest absolute Gasteiger partial charge is 0.489 e. The summed E-state index contributed by atoms with van der Waals surface area (Å²) in [6, 6.07) is 19.8. The van der Waals surface area contributed by atoms with E-state index in [9.17, 15) is 0 Å². The van der Waals surface area contributed by atoms with Crippen molar-refractivity contribution in [3.8, 4) is 5.75 Å². The van der Waals surface area contributed by atoms with Crippen molar-refractivity contribution in [2.75, 3.05) is 0 Å². The SMILES string of the molecule is Clc1cccc(COc2cccc(CNCc3cccnc3)c2)c1. The first kappa shape index (κ1) is 16.5. The van der Waals surface area contributed by atoms with Crippen molar-refractivity contribution < 1.29 is 4.74 Å². The van der Waals surface area contributed by atoms with Gasteiger partial charge in [-0.1, -0.05) is 41.9 Å². The minimum Gasteiger partial charge on any atom is -0.489 e. The predicted octanol–water partition coefficient (Wildman–Crippen LogP) is 4.60. The van der Waals surface area contributed by atoms with E-state index in [1.165, 1.54) is 11.1 Å². The minimum absolute atomic E-state index is 0.507. The van der Waals surface area contributed by atoms with Gasteiger partial charge in [-0.3, -0.25) is 4.98 Å². The van der Waals surface area contributed by atoms with E-state index in [2.05, 4.69) is 28.5 Å². The molecule has 3 rings (SSSR count). The monoisotopic (exact) mass is 338 g/mol. The molecular weight excluding hydrogens is 320 g/mol.